The van der Waals surface area contributed by atoms with E-state index in [1.165, 1.54) is 18.4 Å². The van der Waals surface area contributed by atoms with Gasteiger partial charge in [-0.2, -0.15) is 0 Å². The van der Waals surface area contributed by atoms with E-state index < -0.39 is 0 Å². The first-order chi connectivity index (χ1) is 10.5. The number of hydrogen-bond acceptors (Lipinski definition) is 2. The molecular formula is C20H30O2. The molecule has 122 valence electrons. The summed E-state index contributed by atoms with van der Waals surface area (Å²) in [7, 11) is 0. The largest absolute Gasteiger partial charge is 0.349 e. The van der Waals surface area contributed by atoms with Crippen molar-refractivity contribution in [3.8, 4) is 0 Å². The van der Waals surface area contributed by atoms with Gasteiger partial charge in [0.2, 0.25) is 0 Å². The number of benzene rings is 1. The van der Waals surface area contributed by atoms with Gasteiger partial charge in [-0.25, -0.2) is 0 Å². The maximum Gasteiger partial charge on any atom is 0.171 e. The molecule has 0 N–H and O–H groups in total. The lowest BCUT2D eigenvalue weighted by atomic mass is 9.71. The molecule has 0 aromatic heterocycles. The fourth-order valence-electron chi connectivity index (χ4n) is 4.25. The van der Waals surface area contributed by atoms with Gasteiger partial charge < -0.3 is 9.47 Å². The van der Waals surface area contributed by atoms with Gasteiger partial charge in [-0.15, -0.1) is 0 Å². The van der Waals surface area contributed by atoms with E-state index in [1.54, 1.807) is 0 Å². The third-order valence-corrected chi connectivity index (χ3v) is 5.71. The fourth-order valence-corrected chi connectivity index (χ4v) is 4.25. The standard InChI is InChI=1S/C20H30O2/c1-15(2)18-11-10-16(3)12-20(18)21-13-19(4,14-22-20)17-8-6-5-7-9-17/h5-9,15-16,18H,10-14H2,1-4H3/t16-,18+,19?,20?/m1/s1. The minimum atomic E-state index is -0.347. The minimum absolute atomic E-state index is 0.0330. The van der Waals surface area contributed by atoms with Gasteiger partial charge in [-0.1, -0.05) is 64.4 Å². The molecule has 1 aliphatic carbocycles. The van der Waals surface area contributed by atoms with Crippen molar-refractivity contribution in [1.82, 2.24) is 0 Å². The van der Waals surface area contributed by atoms with Crippen LogP contribution in [-0.2, 0) is 14.9 Å². The Kier molecular flexibility index (Phi) is 4.35. The van der Waals surface area contributed by atoms with Crippen molar-refractivity contribution < 1.29 is 9.47 Å². The summed E-state index contributed by atoms with van der Waals surface area (Å²) in [4.78, 5) is 0. The van der Waals surface area contributed by atoms with E-state index in [9.17, 15) is 0 Å². The summed E-state index contributed by atoms with van der Waals surface area (Å²) in [6.45, 7) is 10.7. The molecule has 0 radical (unpaired) electrons. The average Bonchev–Trinajstić information content (AvgIpc) is 2.51. The topological polar surface area (TPSA) is 18.5 Å². The van der Waals surface area contributed by atoms with Crippen LogP contribution in [-0.4, -0.2) is 19.0 Å². The number of rotatable bonds is 2. The quantitative estimate of drug-likeness (QED) is 0.782. The summed E-state index contributed by atoms with van der Waals surface area (Å²) < 4.78 is 13.0. The van der Waals surface area contributed by atoms with Crippen molar-refractivity contribution in [2.24, 2.45) is 17.8 Å². The molecule has 1 heterocycles. The van der Waals surface area contributed by atoms with Gasteiger partial charge in [0.15, 0.2) is 5.79 Å². The van der Waals surface area contributed by atoms with E-state index in [-0.39, 0.29) is 11.2 Å². The predicted octanol–water partition coefficient (Wildman–Crippen LogP) is 4.78. The Morgan fingerprint density at radius 1 is 1.05 bits per heavy atom. The zero-order valence-corrected chi connectivity index (χ0v) is 14.5. The SMILES string of the molecule is CC(C)[C@@H]1CC[C@@H](C)CC12OCC(C)(c1ccccc1)CO2. The second kappa shape index (κ2) is 5.98. The fraction of sp³-hybridized carbons (Fsp3) is 0.700. The molecule has 2 aliphatic rings. The molecule has 1 spiro atoms. The van der Waals surface area contributed by atoms with Crippen LogP contribution in [0.2, 0.25) is 0 Å². The molecule has 2 atom stereocenters. The van der Waals surface area contributed by atoms with Crippen molar-refractivity contribution in [3.63, 3.8) is 0 Å². The normalized spacial score (nSPS) is 39.3. The van der Waals surface area contributed by atoms with E-state index in [0.717, 1.165) is 19.6 Å². The van der Waals surface area contributed by atoms with E-state index in [2.05, 4.69) is 58.0 Å². The molecule has 22 heavy (non-hydrogen) atoms. The summed E-state index contributed by atoms with van der Waals surface area (Å²) in [5.74, 6) is 1.47. The van der Waals surface area contributed by atoms with Crippen LogP contribution in [0.25, 0.3) is 0 Å². The Bertz CT molecular complexity index is 486. The van der Waals surface area contributed by atoms with Crippen LogP contribution >= 0.6 is 0 Å². The molecule has 2 fully saturated rings. The average molecular weight is 302 g/mol. The first kappa shape index (κ1) is 16.0. The monoisotopic (exact) mass is 302 g/mol. The van der Waals surface area contributed by atoms with Gasteiger partial charge in [0.05, 0.1) is 13.2 Å². The van der Waals surface area contributed by atoms with E-state index in [1.807, 2.05) is 0 Å². The highest BCUT2D eigenvalue weighted by molar-refractivity contribution is 5.25. The van der Waals surface area contributed by atoms with Gasteiger partial charge in [0, 0.05) is 17.8 Å². The van der Waals surface area contributed by atoms with Gasteiger partial charge >= 0.3 is 0 Å². The van der Waals surface area contributed by atoms with Crippen LogP contribution in [0.4, 0.5) is 0 Å². The van der Waals surface area contributed by atoms with Crippen molar-refractivity contribution in [1.29, 1.82) is 0 Å². The molecule has 1 saturated carbocycles. The Balaban J connectivity index is 1.79. The van der Waals surface area contributed by atoms with Crippen molar-refractivity contribution >= 4 is 0 Å². The first-order valence-corrected chi connectivity index (χ1v) is 8.79. The Hall–Kier alpha value is -0.860. The van der Waals surface area contributed by atoms with E-state index in [4.69, 9.17) is 9.47 Å². The summed E-state index contributed by atoms with van der Waals surface area (Å²) in [6.07, 6.45) is 3.56. The van der Waals surface area contributed by atoms with Gasteiger partial charge in [-0.3, -0.25) is 0 Å². The lowest BCUT2D eigenvalue weighted by Crippen LogP contribution is -2.57. The molecule has 1 aromatic rings. The van der Waals surface area contributed by atoms with Crippen molar-refractivity contribution in [2.45, 2.75) is 58.2 Å². The Labute approximate surface area is 135 Å². The summed E-state index contributed by atoms with van der Waals surface area (Å²) in [6, 6.07) is 10.6. The molecule has 1 saturated heterocycles. The van der Waals surface area contributed by atoms with Crippen LogP contribution < -0.4 is 0 Å². The van der Waals surface area contributed by atoms with E-state index >= 15 is 0 Å². The molecule has 1 aliphatic heterocycles. The van der Waals surface area contributed by atoms with Crippen LogP contribution in [0.1, 0.15) is 52.5 Å². The maximum absolute atomic E-state index is 6.50. The highest BCUT2D eigenvalue weighted by atomic mass is 16.7. The van der Waals surface area contributed by atoms with Gasteiger partial charge in [0.25, 0.3) is 0 Å². The third kappa shape index (κ3) is 2.83. The summed E-state index contributed by atoms with van der Waals surface area (Å²) >= 11 is 0. The Morgan fingerprint density at radius 3 is 2.27 bits per heavy atom. The molecule has 0 unspecified atom stereocenters. The molecule has 2 heteroatoms. The zero-order valence-electron chi connectivity index (χ0n) is 14.5. The molecule has 2 nitrogen and oxygen atoms in total. The first-order valence-electron chi connectivity index (χ1n) is 8.79. The smallest absolute Gasteiger partial charge is 0.171 e. The molecule has 0 amide bonds. The molecule has 1 aromatic carbocycles. The van der Waals surface area contributed by atoms with Crippen LogP contribution in [0.15, 0.2) is 30.3 Å². The third-order valence-electron chi connectivity index (χ3n) is 5.71. The maximum atomic E-state index is 6.50. The van der Waals surface area contributed by atoms with Crippen molar-refractivity contribution in [3.05, 3.63) is 35.9 Å². The van der Waals surface area contributed by atoms with Gasteiger partial charge in [-0.05, 0) is 23.8 Å². The lowest BCUT2D eigenvalue weighted by molar-refractivity contribution is -0.333. The van der Waals surface area contributed by atoms with Crippen molar-refractivity contribution in [2.75, 3.05) is 13.2 Å². The summed E-state index contributed by atoms with van der Waals surface area (Å²) in [5, 5.41) is 0. The molecular weight excluding hydrogens is 272 g/mol. The zero-order chi connectivity index (χ0) is 15.8. The Morgan fingerprint density at radius 2 is 1.68 bits per heavy atom. The van der Waals surface area contributed by atoms with Gasteiger partial charge in [0.1, 0.15) is 0 Å². The lowest BCUT2D eigenvalue weighted by Gasteiger charge is -2.53. The minimum Gasteiger partial charge on any atom is -0.349 e. The van der Waals surface area contributed by atoms with Crippen LogP contribution in [0.3, 0.4) is 0 Å². The number of ether oxygens (including phenoxy) is 2. The number of hydrogen-bond donors (Lipinski definition) is 0. The highest BCUT2D eigenvalue weighted by Gasteiger charge is 2.51. The van der Waals surface area contributed by atoms with E-state index in [0.29, 0.717) is 17.8 Å². The van der Waals surface area contributed by atoms with Crippen LogP contribution in [0.5, 0.6) is 0 Å². The second-order valence-electron chi connectivity index (χ2n) is 8.05. The molecule has 0 bridgehead atoms. The molecule has 3 rings (SSSR count). The predicted molar refractivity (Wildman–Crippen MR) is 89.8 cm³/mol. The summed E-state index contributed by atoms with van der Waals surface area (Å²) in [5.41, 5.74) is 1.28. The highest BCUT2D eigenvalue weighted by Crippen LogP contribution is 2.48. The second-order valence-corrected chi connectivity index (χ2v) is 8.05. The van der Waals surface area contributed by atoms with Crippen LogP contribution in [0, 0.1) is 17.8 Å².